The molecule has 1 amide bonds. The first kappa shape index (κ1) is 14.7. The Morgan fingerprint density at radius 3 is 2.81 bits per heavy atom. The van der Waals surface area contributed by atoms with E-state index in [4.69, 9.17) is 16.3 Å². The van der Waals surface area contributed by atoms with Crippen molar-refractivity contribution in [3.8, 4) is 5.75 Å². The molecule has 2 rings (SSSR count). The molecule has 0 aliphatic carbocycles. The zero-order chi connectivity index (χ0) is 15.4. The molecule has 0 bridgehead atoms. The Morgan fingerprint density at radius 1 is 1.43 bits per heavy atom. The standard InChI is InChI=1S/C12H9ClN4O4/c1-21-9-3-2-7(4-8(9)17(19)20)12(18)16-11-6-14-5-10(13)15-11/h2-6H,1H3,(H,15,16,18). The second-order valence-electron chi connectivity index (χ2n) is 3.82. The molecule has 0 aliphatic heterocycles. The number of benzene rings is 1. The number of nitro groups is 1. The molecule has 1 N–H and O–H groups in total. The van der Waals surface area contributed by atoms with Gasteiger partial charge >= 0.3 is 5.69 Å². The first-order valence-electron chi connectivity index (χ1n) is 5.62. The Balaban J connectivity index is 2.27. The third kappa shape index (κ3) is 3.42. The van der Waals surface area contributed by atoms with Gasteiger partial charge in [-0.3, -0.25) is 19.9 Å². The number of carbonyl (C=O) groups excluding carboxylic acids is 1. The van der Waals surface area contributed by atoms with Crippen LogP contribution < -0.4 is 10.1 Å². The maximum atomic E-state index is 12.0. The van der Waals surface area contributed by atoms with Gasteiger partial charge in [0, 0.05) is 11.6 Å². The van der Waals surface area contributed by atoms with E-state index in [1.807, 2.05) is 0 Å². The number of hydrogen-bond acceptors (Lipinski definition) is 6. The van der Waals surface area contributed by atoms with Crippen molar-refractivity contribution in [1.82, 2.24) is 9.97 Å². The number of aromatic nitrogens is 2. The minimum Gasteiger partial charge on any atom is -0.490 e. The average Bonchev–Trinajstić information content (AvgIpc) is 2.46. The quantitative estimate of drug-likeness (QED) is 0.686. The molecular formula is C12H9ClN4O4. The molecule has 108 valence electrons. The Morgan fingerprint density at radius 2 is 2.19 bits per heavy atom. The molecule has 1 aromatic heterocycles. The first-order valence-corrected chi connectivity index (χ1v) is 6.00. The molecule has 1 heterocycles. The minimum absolute atomic E-state index is 0.0686. The number of halogens is 1. The monoisotopic (exact) mass is 308 g/mol. The summed E-state index contributed by atoms with van der Waals surface area (Å²) in [6.45, 7) is 0. The number of amides is 1. The van der Waals surface area contributed by atoms with Gasteiger partial charge in [0.15, 0.2) is 11.6 Å². The van der Waals surface area contributed by atoms with E-state index in [1.54, 1.807) is 0 Å². The predicted octanol–water partition coefficient (Wildman–Crippen LogP) is 2.30. The van der Waals surface area contributed by atoms with Crippen LogP contribution in [0.5, 0.6) is 5.75 Å². The van der Waals surface area contributed by atoms with E-state index in [0.717, 1.165) is 6.07 Å². The lowest BCUT2D eigenvalue weighted by Gasteiger charge is -2.06. The van der Waals surface area contributed by atoms with Crippen molar-refractivity contribution in [2.75, 3.05) is 12.4 Å². The number of nitrogens with zero attached hydrogens (tertiary/aromatic N) is 3. The van der Waals surface area contributed by atoms with E-state index < -0.39 is 10.8 Å². The smallest absolute Gasteiger partial charge is 0.311 e. The van der Waals surface area contributed by atoms with Crippen LogP contribution in [0.1, 0.15) is 10.4 Å². The summed E-state index contributed by atoms with van der Waals surface area (Å²) < 4.78 is 4.86. The van der Waals surface area contributed by atoms with E-state index in [-0.39, 0.29) is 28.0 Å². The highest BCUT2D eigenvalue weighted by Gasteiger charge is 2.18. The first-order chi connectivity index (χ1) is 10.0. The second-order valence-corrected chi connectivity index (χ2v) is 4.21. The van der Waals surface area contributed by atoms with E-state index in [2.05, 4.69) is 15.3 Å². The van der Waals surface area contributed by atoms with Gasteiger partial charge in [0.05, 0.1) is 24.4 Å². The summed E-state index contributed by atoms with van der Waals surface area (Å²) in [6.07, 6.45) is 2.62. The summed E-state index contributed by atoms with van der Waals surface area (Å²) in [4.78, 5) is 29.9. The van der Waals surface area contributed by atoms with Crippen LogP contribution in [0.25, 0.3) is 0 Å². The van der Waals surface area contributed by atoms with Gasteiger partial charge < -0.3 is 10.1 Å². The van der Waals surface area contributed by atoms with Gasteiger partial charge in [-0.25, -0.2) is 4.98 Å². The molecule has 0 fully saturated rings. The number of methoxy groups -OCH3 is 1. The van der Waals surface area contributed by atoms with Crippen LogP contribution in [-0.2, 0) is 0 Å². The van der Waals surface area contributed by atoms with Crippen LogP contribution >= 0.6 is 11.6 Å². The number of carbonyl (C=O) groups is 1. The minimum atomic E-state index is -0.630. The third-order valence-electron chi connectivity index (χ3n) is 2.48. The number of rotatable bonds is 4. The maximum Gasteiger partial charge on any atom is 0.311 e. The molecule has 0 saturated heterocycles. The van der Waals surface area contributed by atoms with Crippen molar-refractivity contribution in [2.24, 2.45) is 0 Å². The highest BCUT2D eigenvalue weighted by atomic mass is 35.5. The number of nitrogens with one attached hydrogen (secondary N) is 1. The number of anilines is 1. The highest BCUT2D eigenvalue weighted by Crippen LogP contribution is 2.27. The lowest BCUT2D eigenvalue weighted by Crippen LogP contribution is -2.13. The van der Waals surface area contributed by atoms with Gasteiger partial charge in [-0.1, -0.05) is 11.6 Å². The third-order valence-corrected chi connectivity index (χ3v) is 2.67. The Labute approximate surface area is 123 Å². The Hall–Kier alpha value is -2.74. The van der Waals surface area contributed by atoms with Gasteiger partial charge in [0.1, 0.15) is 5.15 Å². The summed E-state index contributed by atoms with van der Waals surface area (Å²) in [7, 11) is 1.31. The van der Waals surface area contributed by atoms with Gasteiger partial charge in [-0.05, 0) is 12.1 Å². The van der Waals surface area contributed by atoms with E-state index in [1.165, 1.54) is 31.6 Å². The van der Waals surface area contributed by atoms with Crippen molar-refractivity contribution in [2.45, 2.75) is 0 Å². The van der Waals surface area contributed by atoms with Crippen LogP contribution in [0.2, 0.25) is 5.15 Å². The molecule has 0 radical (unpaired) electrons. The Bertz CT molecular complexity index is 707. The summed E-state index contributed by atoms with van der Waals surface area (Å²) in [5, 5.41) is 13.5. The molecular weight excluding hydrogens is 300 g/mol. The normalized spacial score (nSPS) is 10.0. The molecule has 0 atom stereocenters. The van der Waals surface area contributed by atoms with Crippen LogP contribution in [0.15, 0.2) is 30.6 Å². The van der Waals surface area contributed by atoms with E-state index >= 15 is 0 Å². The molecule has 0 spiro atoms. The number of hydrogen-bond donors (Lipinski definition) is 1. The van der Waals surface area contributed by atoms with Gasteiger partial charge in [-0.15, -0.1) is 0 Å². The summed E-state index contributed by atoms with van der Waals surface area (Å²) in [5.41, 5.74) is -0.216. The zero-order valence-corrected chi connectivity index (χ0v) is 11.5. The van der Waals surface area contributed by atoms with Crippen molar-refractivity contribution < 1.29 is 14.5 Å². The lowest BCUT2D eigenvalue weighted by molar-refractivity contribution is -0.385. The van der Waals surface area contributed by atoms with Crippen LogP contribution in [0, 0.1) is 10.1 Å². The fourth-order valence-corrected chi connectivity index (χ4v) is 1.71. The molecule has 0 aliphatic rings. The molecule has 0 unspecified atom stereocenters. The summed E-state index contributed by atoms with van der Waals surface area (Å²) in [5.74, 6) is -0.359. The Kier molecular flexibility index (Phi) is 4.29. The molecule has 1 aromatic carbocycles. The SMILES string of the molecule is COc1ccc(C(=O)Nc2cncc(Cl)n2)cc1[N+](=O)[O-]. The van der Waals surface area contributed by atoms with Crippen molar-refractivity contribution in [3.63, 3.8) is 0 Å². The summed E-state index contributed by atoms with van der Waals surface area (Å²) >= 11 is 5.65. The molecule has 0 saturated carbocycles. The molecule has 21 heavy (non-hydrogen) atoms. The zero-order valence-electron chi connectivity index (χ0n) is 10.7. The average molecular weight is 309 g/mol. The number of nitro benzene ring substituents is 1. The largest absolute Gasteiger partial charge is 0.490 e. The predicted molar refractivity (Wildman–Crippen MR) is 74.6 cm³/mol. The van der Waals surface area contributed by atoms with E-state index in [0.29, 0.717) is 0 Å². The molecule has 8 nitrogen and oxygen atoms in total. The van der Waals surface area contributed by atoms with Crippen molar-refractivity contribution >= 4 is 29.0 Å². The maximum absolute atomic E-state index is 12.0. The second kappa shape index (κ2) is 6.14. The van der Waals surface area contributed by atoms with Crippen LogP contribution in [-0.4, -0.2) is 27.9 Å². The van der Waals surface area contributed by atoms with Crippen molar-refractivity contribution in [3.05, 3.63) is 51.4 Å². The summed E-state index contributed by atoms with van der Waals surface area (Å²) in [6, 6.07) is 3.86. The topological polar surface area (TPSA) is 107 Å². The highest BCUT2D eigenvalue weighted by molar-refractivity contribution is 6.29. The van der Waals surface area contributed by atoms with Crippen LogP contribution in [0.3, 0.4) is 0 Å². The fraction of sp³-hybridized carbons (Fsp3) is 0.0833. The van der Waals surface area contributed by atoms with Gasteiger partial charge in [-0.2, -0.15) is 0 Å². The van der Waals surface area contributed by atoms with Gasteiger partial charge in [0.2, 0.25) is 0 Å². The van der Waals surface area contributed by atoms with Crippen LogP contribution in [0.4, 0.5) is 11.5 Å². The molecule has 2 aromatic rings. The lowest BCUT2D eigenvalue weighted by atomic mass is 10.1. The number of ether oxygens (including phenoxy) is 1. The fourth-order valence-electron chi connectivity index (χ4n) is 1.56. The molecule has 9 heteroatoms. The van der Waals surface area contributed by atoms with Crippen molar-refractivity contribution in [1.29, 1.82) is 0 Å². The van der Waals surface area contributed by atoms with E-state index in [9.17, 15) is 14.9 Å². The van der Waals surface area contributed by atoms with Gasteiger partial charge in [0.25, 0.3) is 5.91 Å².